The molecule has 10 aromatic rings. The summed E-state index contributed by atoms with van der Waals surface area (Å²) in [5.41, 5.74) is 23.8. The van der Waals surface area contributed by atoms with Crippen molar-refractivity contribution in [3.63, 3.8) is 0 Å². The maximum absolute atomic E-state index is 6.05. The van der Waals surface area contributed by atoms with E-state index in [9.17, 15) is 0 Å². The fourth-order valence-corrected chi connectivity index (χ4v) is 20.2. The molecule has 4 atom stereocenters. The number of thioether (sulfide) groups is 1. The number of benzene rings is 10. The molecule has 1 fully saturated rings. The lowest BCUT2D eigenvalue weighted by Crippen LogP contribution is -2.38. The van der Waals surface area contributed by atoms with Crippen LogP contribution in [0.25, 0.3) is 0 Å². The lowest BCUT2D eigenvalue weighted by Gasteiger charge is -2.44. The summed E-state index contributed by atoms with van der Waals surface area (Å²) in [4.78, 5) is 1.41. The quantitative estimate of drug-likeness (QED) is 0.0432. The Bertz CT molecular complexity index is 4590. The number of ether oxygens (including phenoxy) is 1. The Morgan fingerprint density at radius 3 is 0.938 bits per heavy atom. The second-order valence-corrected chi connectivity index (χ2v) is 48.4. The SMILES string of the molecule is Cc1ccccc1C(C)(C)CCC(C)(C)C(C)(C)C.Cc1ccccc1C(C)(C)CC[C@](C)(c1ccccc1)C(C)(C)C.Cc1ccccc1CCCC(C)(C)C1(C)CCCC1.Cc1ccccc1CCC[C@](C)(c1ccccc1)C(C)(C)C.Cc1ccccc1OCC[C@](C)(c1ccccc1)C(C)(C)C.Cc1ccccc1SCC[C@](C)(c1ccccc1)C(C)(C)C. The van der Waals surface area contributed by atoms with E-state index in [1.54, 1.807) is 0 Å². The van der Waals surface area contributed by atoms with Crippen LogP contribution in [0.3, 0.4) is 0 Å². The topological polar surface area (TPSA) is 9.23 Å². The van der Waals surface area contributed by atoms with Crippen LogP contribution < -0.4 is 4.74 Å². The van der Waals surface area contributed by atoms with Gasteiger partial charge in [0, 0.05) is 10.3 Å². The van der Waals surface area contributed by atoms with Crippen molar-refractivity contribution in [3.8, 4) is 5.75 Å². The van der Waals surface area contributed by atoms with Crippen LogP contribution in [0, 0.1) is 84.9 Å². The first kappa shape index (κ1) is 109. The minimum absolute atomic E-state index is 0.0803. The van der Waals surface area contributed by atoms with E-state index in [-0.39, 0.29) is 54.1 Å². The van der Waals surface area contributed by atoms with Crippen LogP contribution in [0.2, 0.25) is 0 Å². The molecule has 128 heavy (non-hydrogen) atoms. The number of hydrogen-bond acceptors (Lipinski definition) is 2. The van der Waals surface area contributed by atoms with E-state index in [4.69, 9.17) is 4.74 Å². The maximum Gasteiger partial charge on any atom is 0.122 e. The predicted octanol–water partition coefficient (Wildman–Crippen LogP) is 37.7. The molecule has 0 heterocycles. The highest BCUT2D eigenvalue weighted by Crippen LogP contribution is 2.55. The van der Waals surface area contributed by atoms with Crippen LogP contribution >= 0.6 is 11.8 Å². The summed E-state index contributed by atoms with van der Waals surface area (Å²) in [5.74, 6) is 2.14. The highest BCUT2D eigenvalue weighted by molar-refractivity contribution is 7.99. The van der Waals surface area contributed by atoms with E-state index >= 15 is 0 Å². The first-order valence-electron chi connectivity index (χ1n) is 49.3. The second kappa shape index (κ2) is 47.1. The summed E-state index contributed by atoms with van der Waals surface area (Å²) in [5, 5.41) is 0. The van der Waals surface area contributed by atoms with Gasteiger partial charge in [-0.05, 0) is 298 Å². The van der Waals surface area contributed by atoms with Gasteiger partial charge in [-0.3, -0.25) is 0 Å². The molecule has 0 unspecified atom stereocenters. The van der Waals surface area contributed by atoms with Crippen LogP contribution in [-0.2, 0) is 45.3 Å². The van der Waals surface area contributed by atoms with Gasteiger partial charge in [0.2, 0.25) is 0 Å². The Hall–Kier alpha value is -7.65. The molecule has 0 aliphatic heterocycles. The van der Waals surface area contributed by atoms with Crippen molar-refractivity contribution < 1.29 is 4.74 Å². The Balaban J connectivity index is 0.000000237. The highest BCUT2D eigenvalue weighted by atomic mass is 32.2. The standard InChI is InChI=1S/C24H34.C22H30.C21H28O.C21H28S.C19H30.C19H32/c1-19-13-11-12-16-21(19)23(5,6)17-18-24(7,22(2,3)4)20-14-9-8-10-15-20;1-18-12-9-10-13-19(18)14-11-17-22(5,21(2,3)4)20-15-7-6-8-16-20;2*1-17-11-9-10-14-19(17)22-16-15-21(5,20(2,3)4)18-12-7-6-8-13-18;1-16-10-5-6-11-17(16)12-9-13-18(2,3)19(4)14-7-8-15-19;1-15-11-9-10-12-16(15)18(5,6)13-14-19(7,8)17(2,3)4/h8-16H,17-18H2,1-7H3;6-10,12-13,15-16H,11,14,17H2,1-5H3;2*6-14H,15-16H2,1-5H3;5-6,10-11H,7-9,12-15H2,1-4H3;9-12H,13-14H2,1-8H3/t24-;22-;2*21-;;/m1111../s1. The Kier molecular flexibility index (Phi) is 40.2. The summed E-state index contributed by atoms with van der Waals surface area (Å²) in [6.45, 7) is 80.8. The van der Waals surface area contributed by atoms with E-state index in [1.807, 2.05) is 30.0 Å². The molecule has 0 amide bonds. The number of hydrogen-bond donors (Lipinski definition) is 0. The molecule has 1 aliphatic carbocycles. The highest BCUT2D eigenvalue weighted by Gasteiger charge is 2.45. The van der Waals surface area contributed by atoms with Gasteiger partial charge >= 0.3 is 0 Å². The fraction of sp³-hybridized carbons (Fsp3) is 0.524. The van der Waals surface area contributed by atoms with Crippen LogP contribution in [-0.4, -0.2) is 12.4 Å². The van der Waals surface area contributed by atoms with Gasteiger partial charge in [-0.2, -0.15) is 0 Å². The van der Waals surface area contributed by atoms with Crippen molar-refractivity contribution >= 4 is 11.8 Å². The molecule has 1 aliphatic rings. The molecule has 2 heteroatoms. The maximum atomic E-state index is 6.05. The van der Waals surface area contributed by atoms with E-state index in [1.165, 1.54) is 179 Å². The van der Waals surface area contributed by atoms with Gasteiger partial charge in [0.1, 0.15) is 5.75 Å². The Morgan fingerprint density at radius 2 is 0.578 bits per heavy atom. The smallest absolute Gasteiger partial charge is 0.122 e. The molecule has 1 nitrogen and oxygen atoms in total. The van der Waals surface area contributed by atoms with Crippen molar-refractivity contribution in [2.24, 2.45) is 43.3 Å². The number of aryl methyl sites for hydroxylation is 8. The van der Waals surface area contributed by atoms with Crippen LogP contribution in [0.5, 0.6) is 5.75 Å². The number of para-hydroxylation sites is 1. The zero-order valence-electron chi connectivity index (χ0n) is 87.9. The molecule has 11 rings (SSSR count). The normalized spacial score (nSPS) is 15.1. The lowest BCUT2D eigenvalue weighted by molar-refractivity contribution is 0.0829. The fourth-order valence-electron chi connectivity index (χ4n) is 19.0. The summed E-state index contributed by atoms with van der Waals surface area (Å²) in [7, 11) is 0. The minimum atomic E-state index is 0.0803. The molecular formula is C126H182OS. The molecule has 0 saturated heterocycles. The first-order chi connectivity index (χ1) is 59.5. The zero-order chi connectivity index (χ0) is 95.5. The third kappa shape index (κ3) is 30.5. The van der Waals surface area contributed by atoms with Crippen LogP contribution in [0.4, 0.5) is 0 Å². The second-order valence-electron chi connectivity index (χ2n) is 47.3. The summed E-state index contributed by atoms with van der Waals surface area (Å²) in [6.07, 6.45) is 20.3. The predicted molar refractivity (Wildman–Crippen MR) is 570 cm³/mol. The van der Waals surface area contributed by atoms with Gasteiger partial charge in [0.05, 0.1) is 6.61 Å². The van der Waals surface area contributed by atoms with Gasteiger partial charge in [-0.15, -0.1) is 11.8 Å². The summed E-state index contributed by atoms with van der Waals surface area (Å²) >= 11 is 1.98. The van der Waals surface area contributed by atoms with Crippen molar-refractivity contribution in [3.05, 3.63) is 345 Å². The molecule has 0 radical (unpaired) electrons. The first-order valence-corrected chi connectivity index (χ1v) is 50.3. The van der Waals surface area contributed by atoms with E-state index < -0.39 is 0 Å². The van der Waals surface area contributed by atoms with E-state index in [2.05, 4.69) is 484 Å². The molecule has 698 valence electrons. The average Bonchev–Trinajstić information content (AvgIpc) is 0.876. The van der Waals surface area contributed by atoms with Crippen molar-refractivity contribution in [1.82, 2.24) is 0 Å². The van der Waals surface area contributed by atoms with Gasteiger partial charge in [-0.1, -0.05) is 461 Å². The summed E-state index contributed by atoms with van der Waals surface area (Å²) in [6, 6.07) is 96.0. The van der Waals surface area contributed by atoms with Crippen molar-refractivity contribution in [2.75, 3.05) is 12.4 Å². The van der Waals surface area contributed by atoms with Gasteiger partial charge in [0.25, 0.3) is 0 Å². The third-order valence-electron chi connectivity index (χ3n) is 32.8. The molecule has 0 aromatic heterocycles. The molecule has 10 aromatic carbocycles. The third-order valence-corrected chi connectivity index (χ3v) is 34.0. The molecule has 0 N–H and O–H groups in total. The van der Waals surface area contributed by atoms with E-state index in [0.717, 1.165) is 24.5 Å². The summed E-state index contributed by atoms with van der Waals surface area (Å²) < 4.78 is 6.05. The Labute approximate surface area is 792 Å². The molecule has 1 saturated carbocycles. The molecule has 0 bridgehead atoms. The minimum Gasteiger partial charge on any atom is -0.493 e. The van der Waals surface area contributed by atoms with Gasteiger partial charge < -0.3 is 4.74 Å². The lowest BCUT2D eigenvalue weighted by atomic mass is 9.60. The number of rotatable bonds is 29. The Morgan fingerprint density at radius 1 is 0.273 bits per heavy atom. The van der Waals surface area contributed by atoms with Crippen molar-refractivity contribution in [1.29, 1.82) is 0 Å². The van der Waals surface area contributed by atoms with Crippen LogP contribution in [0.1, 0.15) is 362 Å². The van der Waals surface area contributed by atoms with Gasteiger partial charge in [0.15, 0.2) is 0 Å². The van der Waals surface area contributed by atoms with E-state index in [0.29, 0.717) is 21.7 Å². The van der Waals surface area contributed by atoms with Crippen LogP contribution in [0.15, 0.2) is 272 Å². The molecular weight excluding hydrogens is 1560 g/mol. The largest absolute Gasteiger partial charge is 0.493 e. The zero-order valence-corrected chi connectivity index (χ0v) is 88.8. The molecule has 0 spiro atoms. The van der Waals surface area contributed by atoms with Gasteiger partial charge in [-0.25, -0.2) is 0 Å². The van der Waals surface area contributed by atoms with Crippen molar-refractivity contribution in [2.45, 2.75) is 376 Å². The average molecular weight is 1740 g/mol. The monoisotopic (exact) mass is 1740 g/mol.